The minimum absolute atomic E-state index is 0.500. The van der Waals surface area contributed by atoms with E-state index in [0.717, 1.165) is 5.69 Å². The van der Waals surface area contributed by atoms with Gasteiger partial charge in [-0.3, -0.25) is 9.37 Å². The molecule has 0 atom stereocenters. The summed E-state index contributed by atoms with van der Waals surface area (Å²) in [5.74, 6) is 0. The van der Waals surface area contributed by atoms with Crippen LogP contribution in [0.1, 0.15) is 11.3 Å². The van der Waals surface area contributed by atoms with Crippen LogP contribution in [0.4, 0.5) is 4.39 Å². The van der Waals surface area contributed by atoms with Crippen LogP contribution in [0.15, 0.2) is 18.3 Å². The van der Waals surface area contributed by atoms with Crippen molar-refractivity contribution in [2.75, 3.05) is 7.18 Å². The van der Waals surface area contributed by atoms with Gasteiger partial charge in [0.05, 0.1) is 7.18 Å². The summed E-state index contributed by atoms with van der Waals surface area (Å²) in [4.78, 5) is 4.08. The van der Waals surface area contributed by atoms with Crippen molar-refractivity contribution in [3.8, 4) is 0 Å². The molecule has 1 heterocycles. The summed E-state index contributed by atoms with van der Waals surface area (Å²) in [6, 6.07) is 4.07. The number of alkyl halides is 1. The molecule has 56 valence electrons. The summed E-state index contributed by atoms with van der Waals surface area (Å²) >= 11 is 0. The van der Waals surface area contributed by atoms with Gasteiger partial charge in [0.15, 0.2) is 0 Å². The third-order valence-corrected chi connectivity index (χ3v) is 1.06. The van der Waals surface area contributed by atoms with Crippen molar-refractivity contribution in [1.82, 2.24) is 4.98 Å². The lowest BCUT2D eigenvalue weighted by Gasteiger charge is -1.89. The molecule has 2 heteroatoms. The van der Waals surface area contributed by atoms with Crippen LogP contribution >= 0.6 is 0 Å². The second-order valence-corrected chi connectivity index (χ2v) is 1.98. The van der Waals surface area contributed by atoms with E-state index >= 15 is 0 Å². The van der Waals surface area contributed by atoms with Gasteiger partial charge >= 0.3 is 0 Å². The van der Waals surface area contributed by atoms with E-state index in [1.165, 1.54) is 5.56 Å². The first kappa shape index (κ1) is 9.08. The van der Waals surface area contributed by atoms with Gasteiger partial charge in [-0.15, -0.1) is 0 Å². The molecule has 0 aliphatic heterocycles. The first-order valence-electron chi connectivity index (χ1n) is 3.06. The molecule has 0 aromatic carbocycles. The van der Waals surface area contributed by atoms with Crippen LogP contribution in [-0.2, 0) is 0 Å². The number of pyridine rings is 1. The Morgan fingerprint density at radius 3 is 2.10 bits per heavy atom. The largest absolute Gasteiger partial charge is 0.261 e. The van der Waals surface area contributed by atoms with Crippen molar-refractivity contribution in [3.05, 3.63) is 29.6 Å². The second kappa shape index (κ2) is 4.91. The summed E-state index contributed by atoms with van der Waals surface area (Å²) in [6.07, 6.45) is 1.87. The molecule has 1 nitrogen and oxygen atoms in total. The Bertz CT molecular complexity index is 148. The molecule has 0 N–H and O–H groups in total. The third-order valence-electron chi connectivity index (χ3n) is 1.06. The highest BCUT2D eigenvalue weighted by atomic mass is 19.1. The van der Waals surface area contributed by atoms with E-state index in [4.69, 9.17) is 0 Å². The van der Waals surface area contributed by atoms with Crippen molar-refractivity contribution < 1.29 is 4.39 Å². The molecule has 1 aromatic heterocycles. The maximum absolute atomic E-state index is 9.50. The van der Waals surface area contributed by atoms with E-state index in [0.29, 0.717) is 7.18 Å². The quantitative estimate of drug-likeness (QED) is 0.540. The molecule has 0 unspecified atom stereocenters. The zero-order valence-electron chi connectivity index (χ0n) is 6.56. The van der Waals surface area contributed by atoms with E-state index in [1.54, 1.807) is 0 Å². The van der Waals surface area contributed by atoms with Crippen LogP contribution in [0.5, 0.6) is 0 Å². The minimum atomic E-state index is 0.500. The van der Waals surface area contributed by atoms with Crippen LogP contribution in [0, 0.1) is 13.8 Å². The summed E-state index contributed by atoms with van der Waals surface area (Å²) in [5, 5.41) is 0. The number of hydrogen-bond acceptors (Lipinski definition) is 1. The monoisotopic (exact) mass is 141 g/mol. The molecule has 0 saturated heterocycles. The van der Waals surface area contributed by atoms with E-state index < -0.39 is 0 Å². The molecule has 0 saturated carbocycles. The molecule has 0 amide bonds. The summed E-state index contributed by atoms with van der Waals surface area (Å²) in [5.41, 5.74) is 2.30. The van der Waals surface area contributed by atoms with Crippen molar-refractivity contribution >= 4 is 0 Å². The molecule has 0 radical (unpaired) electrons. The van der Waals surface area contributed by atoms with Gasteiger partial charge in [0.2, 0.25) is 0 Å². The Morgan fingerprint density at radius 1 is 1.20 bits per heavy atom. The SMILES string of the molecule is CF.Cc1ccc(C)nc1. The molecular formula is C8H12FN. The Balaban J connectivity index is 0.000000371. The smallest absolute Gasteiger partial charge is 0.0785 e. The maximum Gasteiger partial charge on any atom is 0.0785 e. The molecule has 10 heavy (non-hydrogen) atoms. The third kappa shape index (κ3) is 3.17. The maximum atomic E-state index is 9.50. The van der Waals surface area contributed by atoms with E-state index in [2.05, 4.69) is 11.1 Å². The first-order valence-corrected chi connectivity index (χ1v) is 3.06. The fraction of sp³-hybridized carbons (Fsp3) is 0.375. The average Bonchev–Trinajstić information content (AvgIpc) is 2.00. The summed E-state index contributed by atoms with van der Waals surface area (Å²) < 4.78 is 9.50. The van der Waals surface area contributed by atoms with Gasteiger partial charge in [0.25, 0.3) is 0 Å². The fourth-order valence-corrected chi connectivity index (χ4v) is 0.542. The number of halogens is 1. The molecule has 0 spiro atoms. The van der Waals surface area contributed by atoms with Gasteiger partial charge in [-0.25, -0.2) is 0 Å². The van der Waals surface area contributed by atoms with Crippen LogP contribution in [0.25, 0.3) is 0 Å². The molecular weight excluding hydrogens is 129 g/mol. The van der Waals surface area contributed by atoms with Crippen molar-refractivity contribution in [3.63, 3.8) is 0 Å². The lowest BCUT2D eigenvalue weighted by Crippen LogP contribution is -1.78. The van der Waals surface area contributed by atoms with Gasteiger partial charge < -0.3 is 0 Å². The van der Waals surface area contributed by atoms with Gasteiger partial charge in [-0.1, -0.05) is 6.07 Å². The van der Waals surface area contributed by atoms with Gasteiger partial charge in [-0.05, 0) is 25.5 Å². The van der Waals surface area contributed by atoms with Crippen LogP contribution in [-0.4, -0.2) is 12.2 Å². The Morgan fingerprint density at radius 2 is 1.80 bits per heavy atom. The number of rotatable bonds is 0. The van der Waals surface area contributed by atoms with E-state index in [-0.39, 0.29) is 0 Å². The number of hydrogen-bond donors (Lipinski definition) is 0. The number of nitrogens with zero attached hydrogens (tertiary/aromatic N) is 1. The van der Waals surface area contributed by atoms with E-state index in [1.807, 2.05) is 26.1 Å². The highest BCUT2D eigenvalue weighted by Crippen LogP contribution is 1.94. The zero-order chi connectivity index (χ0) is 7.98. The predicted octanol–water partition coefficient (Wildman–Crippen LogP) is 2.28. The second-order valence-electron chi connectivity index (χ2n) is 1.98. The highest BCUT2D eigenvalue weighted by molar-refractivity contribution is 5.10. The van der Waals surface area contributed by atoms with Crippen molar-refractivity contribution in [2.24, 2.45) is 0 Å². The van der Waals surface area contributed by atoms with Crippen LogP contribution in [0.2, 0.25) is 0 Å². The summed E-state index contributed by atoms with van der Waals surface area (Å²) in [6.45, 7) is 4.02. The van der Waals surface area contributed by atoms with Crippen molar-refractivity contribution in [2.45, 2.75) is 13.8 Å². The molecule has 1 rings (SSSR count). The summed E-state index contributed by atoms with van der Waals surface area (Å²) in [7, 11) is 0.500. The zero-order valence-corrected chi connectivity index (χ0v) is 6.56. The van der Waals surface area contributed by atoms with Crippen molar-refractivity contribution in [1.29, 1.82) is 0 Å². The predicted molar refractivity (Wildman–Crippen MR) is 40.7 cm³/mol. The molecule has 0 bridgehead atoms. The highest BCUT2D eigenvalue weighted by Gasteiger charge is 1.81. The number of aromatic nitrogens is 1. The standard InChI is InChI=1S/C7H9N.CH3F/c1-6-3-4-7(2)8-5-6;1-2/h3-5H,1-2H3;1H3. The van der Waals surface area contributed by atoms with Gasteiger partial charge in [0, 0.05) is 11.9 Å². The normalized spacial score (nSPS) is 8.00. The average molecular weight is 141 g/mol. The van der Waals surface area contributed by atoms with E-state index in [9.17, 15) is 4.39 Å². The van der Waals surface area contributed by atoms with Crippen LogP contribution < -0.4 is 0 Å². The molecule has 0 aliphatic carbocycles. The van der Waals surface area contributed by atoms with Crippen LogP contribution in [0.3, 0.4) is 0 Å². The topological polar surface area (TPSA) is 12.9 Å². The molecule has 0 aliphatic rings. The molecule has 1 aromatic rings. The van der Waals surface area contributed by atoms with Gasteiger partial charge in [-0.2, -0.15) is 0 Å². The first-order chi connectivity index (χ1) is 4.79. The Labute approximate surface area is 60.9 Å². The Hall–Kier alpha value is -0.920. The number of aryl methyl sites for hydroxylation is 2. The lowest BCUT2D eigenvalue weighted by atomic mass is 10.3. The lowest BCUT2D eigenvalue weighted by molar-refractivity contribution is 0.636. The Kier molecular flexibility index (Phi) is 4.46. The molecule has 0 fully saturated rings. The fourth-order valence-electron chi connectivity index (χ4n) is 0.542. The minimum Gasteiger partial charge on any atom is -0.261 e. The van der Waals surface area contributed by atoms with Gasteiger partial charge in [0.1, 0.15) is 0 Å².